The third kappa shape index (κ3) is 5.38. The lowest BCUT2D eigenvalue weighted by atomic mass is 9.96. The average Bonchev–Trinajstić information content (AvgIpc) is 3.53. The number of likely N-dealkylation sites (N-methyl/N-ethyl adjacent to an activating group) is 1. The fraction of sp³-hybridized carbons (Fsp3) is 0.800. The van der Waals surface area contributed by atoms with Crippen LogP contribution in [0, 0.1) is 5.92 Å². The summed E-state index contributed by atoms with van der Waals surface area (Å²) >= 11 is 0. The van der Waals surface area contributed by atoms with E-state index in [-0.39, 0.29) is 11.8 Å². The fourth-order valence-corrected chi connectivity index (χ4v) is 5.46. The topological polar surface area (TPSA) is 90.5 Å². The molecule has 1 aromatic heterocycles. The van der Waals surface area contributed by atoms with Crippen molar-refractivity contribution in [3.05, 3.63) is 11.3 Å². The second-order valence-electron chi connectivity index (χ2n) is 8.78. The first-order chi connectivity index (χ1) is 13.9. The maximum absolute atomic E-state index is 12.4. The first-order valence-electron chi connectivity index (χ1n) is 11.0. The average molecular weight is 423 g/mol. The summed E-state index contributed by atoms with van der Waals surface area (Å²) < 4.78 is 27.6. The summed E-state index contributed by atoms with van der Waals surface area (Å²) in [5.74, 6) is 2.18. The summed E-state index contributed by atoms with van der Waals surface area (Å²) in [5, 5.41) is 3.33. The lowest BCUT2D eigenvalue weighted by Gasteiger charge is -2.33. The van der Waals surface area contributed by atoms with E-state index in [1.54, 1.807) is 0 Å². The van der Waals surface area contributed by atoms with E-state index in [9.17, 15) is 8.42 Å². The number of fused-ring (bicyclic) bond motifs is 1. The molecule has 0 bridgehead atoms. The second-order valence-corrected chi connectivity index (χ2v) is 10.7. The Morgan fingerprint density at radius 2 is 1.83 bits per heavy atom. The maximum atomic E-state index is 12.4. The lowest BCUT2D eigenvalue weighted by molar-refractivity contribution is 0.311. The molecule has 1 atom stereocenters. The molecule has 0 amide bonds. The second kappa shape index (κ2) is 8.73. The zero-order chi connectivity index (χ0) is 20.4. The van der Waals surface area contributed by atoms with Gasteiger partial charge < -0.3 is 15.1 Å². The van der Waals surface area contributed by atoms with Crippen molar-refractivity contribution in [3.8, 4) is 0 Å². The van der Waals surface area contributed by atoms with Crippen LogP contribution in [-0.4, -0.2) is 74.9 Å². The number of aryl methyl sites for hydroxylation is 1. The highest BCUT2D eigenvalue weighted by molar-refractivity contribution is 7.89. The highest BCUT2D eigenvalue weighted by atomic mass is 32.2. The summed E-state index contributed by atoms with van der Waals surface area (Å²) in [6.45, 7) is 6.18. The Bertz CT molecular complexity index is 819. The zero-order valence-corrected chi connectivity index (χ0v) is 18.5. The molecule has 162 valence electrons. The van der Waals surface area contributed by atoms with Gasteiger partial charge in [-0.3, -0.25) is 0 Å². The first kappa shape index (κ1) is 20.8. The van der Waals surface area contributed by atoms with E-state index < -0.39 is 10.0 Å². The number of rotatable bonds is 8. The largest absolute Gasteiger partial charge is 0.369 e. The number of hydrogen-bond donors (Lipinski definition) is 2. The van der Waals surface area contributed by atoms with E-state index in [0.29, 0.717) is 12.5 Å². The van der Waals surface area contributed by atoms with Crippen molar-refractivity contribution in [1.82, 2.24) is 19.6 Å². The quantitative estimate of drug-likeness (QED) is 0.651. The number of sulfonamides is 1. The van der Waals surface area contributed by atoms with Crippen LogP contribution in [0.4, 0.5) is 11.8 Å². The molecule has 1 saturated heterocycles. The molecule has 0 radical (unpaired) electrons. The number of anilines is 2. The van der Waals surface area contributed by atoms with Gasteiger partial charge in [-0.15, -0.1) is 0 Å². The van der Waals surface area contributed by atoms with Gasteiger partial charge in [0.05, 0.1) is 11.4 Å². The Morgan fingerprint density at radius 1 is 1.10 bits per heavy atom. The van der Waals surface area contributed by atoms with E-state index in [4.69, 9.17) is 9.97 Å². The molecule has 9 heteroatoms. The Hall–Kier alpha value is -1.45. The van der Waals surface area contributed by atoms with Crippen molar-refractivity contribution in [3.63, 3.8) is 0 Å². The molecule has 2 aliphatic carbocycles. The molecule has 1 saturated carbocycles. The molecular weight excluding hydrogens is 388 g/mol. The number of hydrogen-bond acceptors (Lipinski definition) is 7. The molecule has 8 nitrogen and oxygen atoms in total. The van der Waals surface area contributed by atoms with Gasteiger partial charge in [0.15, 0.2) is 0 Å². The summed E-state index contributed by atoms with van der Waals surface area (Å²) in [5.41, 5.74) is 2.30. The molecule has 1 unspecified atom stereocenters. The normalized spacial score (nSPS) is 21.7. The molecule has 3 aliphatic rings. The van der Waals surface area contributed by atoms with Crippen molar-refractivity contribution in [2.75, 3.05) is 55.7 Å². The SMILES string of the molecule is CC(NS(=O)(=O)CCNc1nc(N2CCN(C)CC2)nc2c1CCCC2)C1CC1. The third-order valence-corrected chi connectivity index (χ3v) is 7.79. The van der Waals surface area contributed by atoms with Crippen LogP contribution in [0.2, 0.25) is 0 Å². The van der Waals surface area contributed by atoms with Crippen LogP contribution >= 0.6 is 0 Å². The predicted molar refractivity (Wildman–Crippen MR) is 116 cm³/mol. The molecule has 0 aromatic carbocycles. The fourth-order valence-electron chi connectivity index (χ4n) is 4.21. The van der Waals surface area contributed by atoms with E-state index in [2.05, 4.69) is 26.9 Å². The van der Waals surface area contributed by atoms with Gasteiger partial charge in [-0.05, 0) is 58.4 Å². The first-order valence-corrected chi connectivity index (χ1v) is 12.6. The Kier molecular flexibility index (Phi) is 6.27. The number of nitrogens with one attached hydrogen (secondary N) is 2. The molecule has 4 rings (SSSR count). The van der Waals surface area contributed by atoms with Gasteiger partial charge in [-0.25, -0.2) is 18.1 Å². The summed E-state index contributed by atoms with van der Waals surface area (Å²) in [6.07, 6.45) is 6.49. The van der Waals surface area contributed by atoms with Crippen molar-refractivity contribution in [2.24, 2.45) is 5.92 Å². The minimum atomic E-state index is -3.29. The van der Waals surface area contributed by atoms with Crippen molar-refractivity contribution >= 4 is 21.8 Å². The molecule has 2 heterocycles. The van der Waals surface area contributed by atoms with Gasteiger partial charge in [0.1, 0.15) is 5.82 Å². The van der Waals surface area contributed by atoms with E-state index in [1.807, 2.05) is 6.92 Å². The molecule has 2 N–H and O–H groups in total. The van der Waals surface area contributed by atoms with Gasteiger partial charge in [0.25, 0.3) is 0 Å². The number of nitrogens with zero attached hydrogens (tertiary/aromatic N) is 4. The summed E-state index contributed by atoms with van der Waals surface area (Å²) in [7, 11) is -1.15. The molecule has 1 aliphatic heterocycles. The minimum absolute atomic E-state index is 0.0376. The van der Waals surface area contributed by atoms with Gasteiger partial charge in [0, 0.05) is 44.3 Å². The van der Waals surface area contributed by atoms with Crippen LogP contribution < -0.4 is 14.9 Å². The van der Waals surface area contributed by atoms with Crippen molar-refractivity contribution in [1.29, 1.82) is 0 Å². The zero-order valence-electron chi connectivity index (χ0n) is 17.7. The summed E-state index contributed by atoms with van der Waals surface area (Å²) in [6, 6.07) is 0.0376. The minimum Gasteiger partial charge on any atom is -0.369 e. The molecule has 29 heavy (non-hydrogen) atoms. The van der Waals surface area contributed by atoms with Crippen LogP contribution in [-0.2, 0) is 22.9 Å². The van der Waals surface area contributed by atoms with Crippen molar-refractivity contribution < 1.29 is 8.42 Å². The molecule has 1 aromatic rings. The van der Waals surface area contributed by atoms with Crippen LogP contribution in [0.15, 0.2) is 0 Å². The van der Waals surface area contributed by atoms with Gasteiger partial charge in [-0.1, -0.05) is 0 Å². The number of aromatic nitrogens is 2. The van der Waals surface area contributed by atoms with E-state index in [1.165, 1.54) is 5.56 Å². The Morgan fingerprint density at radius 3 is 2.55 bits per heavy atom. The smallest absolute Gasteiger partial charge is 0.227 e. The third-order valence-electron chi connectivity index (χ3n) is 6.32. The molecule has 0 spiro atoms. The highest BCUT2D eigenvalue weighted by Crippen LogP contribution is 2.32. The van der Waals surface area contributed by atoms with Gasteiger partial charge in [0.2, 0.25) is 16.0 Å². The van der Waals surface area contributed by atoms with Crippen LogP contribution in [0.5, 0.6) is 0 Å². The molecular formula is C20H34N6O2S. The number of piperazine rings is 1. The predicted octanol–water partition coefficient (Wildman–Crippen LogP) is 1.24. The lowest BCUT2D eigenvalue weighted by Crippen LogP contribution is -2.45. The van der Waals surface area contributed by atoms with Crippen molar-refractivity contribution in [2.45, 2.75) is 51.5 Å². The van der Waals surface area contributed by atoms with Crippen LogP contribution in [0.1, 0.15) is 43.9 Å². The van der Waals surface area contributed by atoms with Crippen LogP contribution in [0.25, 0.3) is 0 Å². The maximum Gasteiger partial charge on any atom is 0.227 e. The van der Waals surface area contributed by atoms with Gasteiger partial charge >= 0.3 is 0 Å². The summed E-state index contributed by atoms with van der Waals surface area (Å²) in [4.78, 5) is 14.3. The molecule has 2 fully saturated rings. The van der Waals surface area contributed by atoms with E-state index in [0.717, 1.165) is 82.2 Å². The van der Waals surface area contributed by atoms with E-state index >= 15 is 0 Å². The standard InChI is InChI=1S/C20H34N6O2S/c1-15(16-7-8-16)24-29(27,28)14-9-21-19-17-5-3-4-6-18(17)22-20(23-19)26-12-10-25(2)11-13-26/h15-16,24H,3-14H2,1-2H3,(H,21,22,23). The van der Waals surface area contributed by atoms with Gasteiger partial charge in [-0.2, -0.15) is 4.98 Å². The Labute approximate surface area is 174 Å². The highest BCUT2D eigenvalue weighted by Gasteiger charge is 2.30. The monoisotopic (exact) mass is 422 g/mol. The van der Waals surface area contributed by atoms with Crippen LogP contribution in [0.3, 0.4) is 0 Å². The Balaban J connectivity index is 1.43.